The third-order valence-corrected chi connectivity index (χ3v) is 2.15. The molecule has 0 amide bonds. The van der Waals surface area contributed by atoms with Gasteiger partial charge in [-0.25, -0.2) is 0 Å². The summed E-state index contributed by atoms with van der Waals surface area (Å²) >= 11 is 4.85. The van der Waals surface area contributed by atoms with Crippen molar-refractivity contribution in [2.45, 2.75) is 19.6 Å². The Labute approximate surface area is 99.2 Å². The predicted octanol–water partition coefficient (Wildman–Crippen LogP) is 1.55. The largest absolute Gasteiger partial charge is 0.480 e. The van der Waals surface area contributed by atoms with Crippen LogP contribution in [0.4, 0.5) is 0 Å². The first-order valence-corrected chi connectivity index (χ1v) is 5.20. The monoisotopic (exact) mass is 239 g/mol. The molecule has 0 aliphatic heterocycles. The number of hydrogen-bond acceptors (Lipinski definition) is 3. The lowest BCUT2D eigenvalue weighted by molar-refractivity contribution is -0.138. The number of carboxylic acids is 1. The second kappa shape index (κ2) is 6.07. The third kappa shape index (κ3) is 4.27. The van der Waals surface area contributed by atoms with Gasteiger partial charge in [0.05, 0.1) is 0 Å². The van der Waals surface area contributed by atoms with Crippen molar-refractivity contribution in [1.82, 2.24) is 5.32 Å². The Morgan fingerprint density at radius 1 is 1.50 bits per heavy atom. The van der Waals surface area contributed by atoms with Crippen LogP contribution in [0.3, 0.4) is 0 Å². The molecule has 0 saturated heterocycles. The molecule has 1 rings (SSSR count). The summed E-state index contributed by atoms with van der Waals surface area (Å²) in [5, 5.41) is 11.3. The lowest BCUT2D eigenvalue weighted by Gasteiger charge is -2.12. The van der Waals surface area contributed by atoms with E-state index < -0.39 is 12.0 Å². The zero-order chi connectivity index (χ0) is 12.0. The van der Waals surface area contributed by atoms with E-state index in [2.05, 4.69) is 5.32 Å². The van der Waals surface area contributed by atoms with E-state index in [-0.39, 0.29) is 5.17 Å². The fourth-order valence-corrected chi connectivity index (χ4v) is 1.24. The van der Waals surface area contributed by atoms with E-state index >= 15 is 0 Å². The zero-order valence-electron chi connectivity index (χ0n) is 8.84. The van der Waals surface area contributed by atoms with Crippen LogP contribution in [0.2, 0.25) is 0 Å². The summed E-state index contributed by atoms with van der Waals surface area (Å²) in [5.41, 5.74) is 0.981. The molecule has 0 aliphatic rings. The summed E-state index contributed by atoms with van der Waals surface area (Å²) in [4.78, 5) is 10.5. The molecule has 4 nitrogen and oxygen atoms in total. The molecule has 1 unspecified atom stereocenters. The van der Waals surface area contributed by atoms with Gasteiger partial charge in [-0.1, -0.05) is 30.3 Å². The van der Waals surface area contributed by atoms with Crippen molar-refractivity contribution in [2.75, 3.05) is 0 Å². The molecule has 0 aliphatic carbocycles. The highest BCUT2D eigenvalue weighted by atomic mass is 32.1. The lowest BCUT2D eigenvalue weighted by Crippen LogP contribution is -2.38. The number of aliphatic carboxylic acids is 1. The van der Waals surface area contributed by atoms with Crippen LogP contribution in [0.1, 0.15) is 12.5 Å². The highest BCUT2D eigenvalue weighted by Gasteiger charge is 2.11. The standard InChI is InChI=1S/C11H13NO3S/c1-8(10(13)14)12-11(16)15-7-9-5-3-2-4-6-9/h2-6,8H,7H2,1H3,(H,12,16)(H,13,14). The first-order chi connectivity index (χ1) is 7.59. The van der Waals surface area contributed by atoms with Gasteiger partial charge in [-0.05, 0) is 24.7 Å². The quantitative estimate of drug-likeness (QED) is 0.781. The highest BCUT2D eigenvalue weighted by Crippen LogP contribution is 2.00. The first kappa shape index (κ1) is 12.4. The predicted molar refractivity (Wildman–Crippen MR) is 64.1 cm³/mol. The molecule has 2 N–H and O–H groups in total. The van der Waals surface area contributed by atoms with Gasteiger partial charge in [-0.3, -0.25) is 4.79 Å². The van der Waals surface area contributed by atoms with Crippen molar-refractivity contribution in [1.29, 1.82) is 0 Å². The Bertz CT molecular complexity index is 367. The molecule has 0 bridgehead atoms. The fourth-order valence-electron chi connectivity index (χ4n) is 1.00. The Balaban J connectivity index is 2.33. The van der Waals surface area contributed by atoms with Crippen LogP contribution in [-0.2, 0) is 16.1 Å². The number of hydrogen-bond donors (Lipinski definition) is 2. The summed E-state index contributed by atoms with van der Waals surface area (Å²) < 4.78 is 5.21. The number of carbonyl (C=O) groups is 1. The van der Waals surface area contributed by atoms with Crippen LogP contribution in [-0.4, -0.2) is 22.3 Å². The summed E-state index contributed by atoms with van der Waals surface area (Å²) in [6.45, 7) is 1.83. The van der Waals surface area contributed by atoms with Crippen molar-refractivity contribution < 1.29 is 14.6 Å². The maximum atomic E-state index is 10.5. The SMILES string of the molecule is CC(NC(=S)OCc1ccccc1)C(=O)O. The van der Waals surface area contributed by atoms with Crippen LogP contribution in [0, 0.1) is 0 Å². The molecule has 0 radical (unpaired) electrons. The fraction of sp³-hybridized carbons (Fsp3) is 0.273. The average Bonchev–Trinajstić information content (AvgIpc) is 2.27. The van der Waals surface area contributed by atoms with E-state index in [0.717, 1.165) is 5.56 Å². The van der Waals surface area contributed by atoms with Gasteiger partial charge in [0.25, 0.3) is 5.17 Å². The number of nitrogens with one attached hydrogen (secondary N) is 1. The second-order valence-electron chi connectivity index (χ2n) is 3.27. The molecule has 86 valence electrons. The molecule has 0 heterocycles. The molecule has 0 spiro atoms. The van der Waals surface area contributed by atoms with Gasteiger partial charge in [0.15, 0.2) is 0 Å². The van der Waals surface area contributed by atoms with Gasteiger partial charge in [0.2, 0.25) is 0 Å². The maximum absolute atomic E-state index is 10.5. The molecule has 1 atom stereocenters. The van der Waals surface area contributed by atoms with Gasteiger partial charge in [-0.2, -0.15) is 0 Å². The topological polar surface area (TPSA) is 58.6 Å². The maximum Gasteiger partial charge on any atom is 0.325 e. The third-order valence-electron chi connectivity index (χ3n) is 1.92. The minimum absolute atomic E-state index is 0.0961. The molecule has 5 heteroatoms. The van der Waals surface area contributed by atoms with E-state index in [1.54, 1.807) is 0 Å². The number of rotatable bonds is 4. The normalized spacial score (nSPS) is 11.6. The van der Waals surface area contributed by atoms with Crippen molar-refractivity contribution in [2.24, 2.45) is 0 Å². The van der Waals surface area contributed by atoms with Crippen molar-refractivity contribution >= 4 is 23.4 Å². The lowest BCUT2D eigenvalue weighted by atomic mass is 10.2. The van der Waals surface area contributed by atoms with E-state index in [9.17, 15) is 4.79 Å². The number of carboxylic acid groups (broad SMARTS) is 1. The number of ether oxygens (including phenoxy) is 1. The summed E-state index contributed by atoms with van der Waals surface area (Å²) in [6, 6.07) is 8.77. The van der Waals surface area contributed by atoms with Crippen LogP contribution in [0.25, 0.3) is 0 Å². The van der Waals surface area contributed by atoms with Gasteiger partial charge in [0.1, 0.15) is 12.6 Å². The molecule has 16 heavy (non-hydrogen) atoms. The van der Waals surface area contributed by atoms with Crippen LogP contribution < -0.4 is 5.32 Å². The van der Waals surface area contributed by atoms with E-state index in [1.807, 2.05) is 30.3 Å². The van der Waals surface area contributed by atoms with Crippen LogP contribution >= 0.6 is 12.2 Å². The first-order valence-electron chi connectivity index (χ1n) is 4.79. The average molecular weight is 239 g/mol. The highest BCUT2D eigenvalue weighted by molar-refractivity contribution is 7.80. The molecule has 1 aromatic carbocycles. The molecular formula is C11H13NO3S. The van der Waals surface area contributed by atoms with Gasteiger partial charge in [0, 0.05) is 0 Å². The zero-order valence-corrected chi connectivity index (χ0v) is 9.66. The van der Waals surface area contributed by atoms with Gasteiger partial charge >= 0.3 is 5.97 Å². The van der Waals surface area contributed by atoms with E-state index in [0.29, 0.717) is 6.61 Å². The van der Waals surface area contributed by atoms with Crippen molar-refractivity contribution in [3.63, 3.8) is 0 Å². The summed E-state index contributed by atoms with van der Waals surface area (Å²) in [5.74, 6) is -0.967. The second-order valence-corrected chi connectivity index (χ2v) is 3.64. The Hall–Kier alpha value is -1.62. The van der Waals surface area contributed by atoms with Gasteiger partial charge in [-0.15, -0.1) is 0 Å². The molecule has 0 saturated carbocycles. The molecule has 1 aromatic rings. The van der Waals surface area contributed by atoms with Crippen LogP contribution in [0.5, 0.6) is 0 Å². The van der Waals surface area contributed by atoms with Crippen molar-refractivity contribution in [3.05, 3.63) is 35.9 Å². The number of benzene rings is 1. The Kier molecular flexibility index (Phi) is 4.72. The summed E-state index contributed by atoms with van der Waals surface area (Å²) in [7, 11) is 0. The minimum Gasteiger partial charge on any atom is -0.480 e. The van der Waals surface area contributed by atoms with E-state index in [1.165, 1.54) is 6.92 Å². The van der Waals surface area contributed by atoms with E-state index in [4.69, 9.17) is 22.1 Å². The van der Waals surface area contributed by atoms with Gasteiger partial charge < -0.3 is 15.2 Å². The van der Waals surface area contributed by atoms with Crippen LogP contribution in [0.15, 0.2) is 30.3 Å². The Morgan fingerprint density at radius 2 is 2.12 bits per heavy atom. The smallest absolute Gasteiger partial charge is 0.325 e. The molecular weight excluding hydrogens is 226 g/mol. The minimum atomic E-state index is -0.967. The molecule has 0 fully saturated rings. The number of thiocarbonyl (C=S) groups is 1. The molecule has 0 aromatic heterocycles. The summed E-state index contributed by atoms with van der Waals surface area (Å²) in [6.07, 6.45) is 0. The van der Waals surface area contributed by atoms with Crippen molar-refractivity contribution in [3.8, 4) is 0 Å². The Morgan fingerprint density at radius 3 is 2.69 bits per heavy atom.